The standard InChI is InChI=1S/C53H78N10O10S/c1-34(26-28-62(12)48(71)44(50(2,3)4)60-47(70)43(55-11)53(9,10)35-17-14-13-15-18-35)45(68)61-74-37-22-20-36(21-23-37)58-46(69)38(19-16-27-56-49(54)72)59-40(65)30-57-39(64)29-51(5,6)32-73-33-52(7,8)31-63-41(66)24-25-42(63)67/h13-15,17-18,20-26,38,43-44,55H,16,19,27-33H2,1-12H3,(H,57,64)(H,58,69)(H,59,65)(H,60,70)(H,61,68)(H3,54,56,72)/b34-26+. The van der Waals surface area contributed by atoms with Gasteiger partial charge in [-0.05, 0) is 79.4 Å². The first-order valence-electron chi connectivity index (χ1n) is 24.5. The highest BCUT2D eigenvalue weighted by Gasteiger charge is 2.41. The van der Waals surface area contributed by atoms with Gasteiger partial charge in [0.2, 0.25) is 29.5 Å². The van der Waals surface area contributed by atoms with Crippen molar-refractivity contribution in [2.75, 3.05) is 58.8 Å². The molecule has 406 valence electrons. The van der Waals surface area contributed by atoms with Crippen LogP contribution in [0, 0.1) is 16.2 Å². The monoisotopic (exact) mass is 1050 g/mol. The largest absolute Gasteiger partial charge is 0.380 e. The van der Waals surface area contributed by atoms with E-state index >= 15 is 0 Å². The van der Waals surface area contributed by atoms with Gasteiger partial charge in [-0.3, -0.25) is 48.0 Å². The van der Waals surface area contributed by atoms with Gasteiger partial charge >= 0.3 is 6.03 Å². The lowest BCUT2D eigenvalue weighted by Gasteiger charge is -2.38. The lowest BCUT2D eigenvalue weighted by Crippen LogP contribution is -2.60. The van der Waals surface area contributed by atoms with Gasteiger partial charge in [0.15, 0.2) is 0 Å². The third kappa shape index (κ3) is 20.0. The fourth-order valence-electron chi connectivity index (χ4n) is 7.85. The van der Waals surface area contributed by atoms with E-state index in [4.69, 9.17) is 10.5 Å². The number of benzene rings is 2. The quantitative estimate of drug-likeness (QED) is 0.0262. The number of carbonyl (C=O) groups excluding carboxylic acids is 9. The van der Waals surface area contributed by atoms with Crippen LogP contribution in [0.5, 0.6) is 0 Å². The molecule has 0 fully saturated rings. The van der Waals surface area contributed by atoms with Crippen LogP contribution >= 0.6 is 11.9 Å². The Bertz CT molecular complexity index is 2360. The summed E-state index contributed by atoms with van der Waals surface area (Å²) in [5.74, 6) is -3.37. The molecular formula is C53H78N10O10S. The normalized spacial score (nSPS) is 14.4. The van der Waals surface area contributed by atoms with Gasteiger partial charge in [0.1, 0.15) is 12.1 Å². The minimum Gasteiger partial charge on any atom is -0.380 e. The van der Waals surface area contributed by atoms with Crippen molar-refractivity contribution in [1.82, 2.24) is 41.1 Å². The number of amides is 10. The van der Waals surface area contributed by atoms with E-state index < -0.39 is 76.0 Å². The number of imide groups is 1. The van der Waals surface area contributed by atoms with Crippen molar-refractivity contribution in [1.29, 1.82) is 0 Å². The van der Waals surface area contributed by atoms with Gasteiger partial charge < -0.3 is 47.3 Å². The van der Waals surface area contributed by atoms with E-state index in [0.29, 0.717) is 16.2 Å². The lowest BCUT2D eigenvalue weighted by atomic mass is 9.76. The lowest BCUT2D eigenvalue weighted by molar-refractivity contribution is -0.139. The number of nitrogens with two attached hydrogens (primary N) is 1. The zero-order valence-corrected chi connectivity index (χ0v) is 45.8. The third-order valence-electron chi connectivity index (χ3n) is 12.2. The third-order valence-corrected chi connectivity index (χ3v) is 13.0. The average Bonchev–Trinajstić information content (AvgIpc) is 3.63. The molecule has 3 rings (SSSR count). The van der Waals surface area contributed by atoms with Crippen molar-refractivity contribution in [3.63, 3.8) is 0 Å². The molecule has 74 heavy (non-hydrogen) atoms. The molecule has 0 spiro atoms. The van der Waals surface area contributed by atoms with Gasteiger partial charge in [0.25, 0.3) is 17.7 Å². The maximum Gasteiger partial charge on any atom is 0.312 e. The van der Waals surface area contributed by atoms with Crippen LogP contribution in [-0.2, 0) is 48.5 Å². The Hall–Kier alpha value is -6.58. The molecule has 10 amide bonds. The van der Waals surface area contributed by atoms with Crippen molar-refractivity contribution in [3.05, 3.63) is 84.0 Å². The predicted octanol–water partition coefficient (Wildman–Crippen LogP) is 3.68. The number of carbonyl (C=O) groups is 9. The average molecular weight is 1050 g/mol. The summed E-state index contributed by atoms with van der Waals surface area (Å²) >= 11 is 1.04. The number of hydrogen-bond donors (Lipinski definition) is 8. The van der Waals surface area contributed by atoms with Gasteiger partial charge in [-0.1, -0.05) is 98.7 Å². The van der Waals surface area contributed by atoms with Crippen LogP contribution < -0.4 is 42.4 Å². The molecule has 0 aliphatic carbocycles. The van der Waals surface area contributed by atoms with Gasteiger partial charge in [-0.25, -0.2) is 4.79 Å². The second-order valence-corrected chi connectivity index (χ2v) is 22.6. The number of urea groups is 1. The first-order chi connectivity index (χ1) is 34.5. The number of ether oxygens (including phenoxy) is 1. The highest BCUT2D eigenvalue weighted by molar-refractivity contribution is 7.98. The second kappa shape index (κ2) is 27.6. The van der Waals surface area contributed by atoms with E-state index in [1.54, 1.807) is 51.4 Å². The topological polar surface area (TPSA) is 280 Å². The Kier molecular flexibility index (Phi) is 23.0. The van der Waals surface area contributed by atoms with E-state index in [9.17, 15) is 43.2 Å². The molecule has 3 atom stereocenters. The van der Waals surface area contributed by atoms with Crippen molar-refractivity contribution < 1.29 is 47.9 Å². The Morgan fingerprint density at radius 3 is 1.97 bits per heavy atom. The van der Waals surface area contributed by atoms with E-state index in [1.807, 2.05) is 92.6 Å². The molecule has 2 aromatic carbocycles. The van der Waals surface area contributed by atoms with Crippen LogP contribution in [0.1, 0.15) is 94.1 Å². The highest BCUT2D eigenvalue weighted by Crippen LogP contribution is 2.29. The van der Waals surface area contributed by atoms with Gasteiger partial charge in [-0.15, -0.1) is 0 Å². The molecule has 1 aliphatic heterocycles. The Morgan fingerprint density at radius 1 is 0.784 bits per heavy atom. The van der Waals surface area contributed by atoms with Crippen LogP contribution in [0.4, 0.5) is 10.5 Å². The van der Waals surface area contributed by atoms with Crippen LogP contribution in [0.2, 0.25) is 0 Å². The van der Waals surface area contributed by atoms with Crippen LogP contribution in [-0.4, -0.2) is 135 Å². The van der Waals surface area contributed by atoms with Crippen LogP contribution in [0.3, 0.4) is 0 Å². The summed E-state index contributed by atoms with van der Waals surface area (Å²) in [5.41, 5.74) is 4.50. The first-order valence-corrected chi connectivity index (χ1v) is 25.3. The number of likely N-dealkylation sites (N-methyl/N-ethyl adjacent to an activating group) is 2. The molecule has 2 aromatic rings. The van der Waals surface area contributed by atoms with Gasteiger partial charge in [0, 0.05) is 72.2 Å². The van der Waals surface area contributed by atoms with Crippen LogP contribution in [0.15, 0.2) is 83.3 Å². The zero-order valence-electron chi connectivity index (χ0n) is 45.0. The molecule has 0 bridgehead atoms. The summed E-state index contributed by atoms with van der Waals surface area (Å²) in [6.45, 7) is 19.0. The van der Waals surface area contributed by atoms with Crippen molar-refractivity contribution in [3.8, 4) is 0 Å². The number of rotatable bonds is 28. The molecule has 20 nitrogen and oxygen atoms in total. The summed E-state index contributed by atoms with van der Waals surface area (Å²) in [7, 11) is 3.33. The summed E-state index contributed by atoms with van der Waals surface area (Å²) in [5, 5.41) is 16.6. The minimum absolute atomic E-state index is 0.0133. The van der Waals surface area contributed by atoms with E-state index in [0.717, 1.165) is 22.4 Å². The van der Waals surface area contributed by atoms with E-state index in [-0.39, 0.29) is 75.7 Å². The van der Waals surface area contributed by atoms with Crippen molar-refractivity contribution in [2.24, 2.45) is 22.0 Å². The van der Waals surface area contributed by atoms with E-state index in [2.05, 4.69) is 36.6 Å². The second-order valence-electron chi connectivity index (χ2n) is 21.7. The fraction of sp³-hybridized carbons (Fsp3) is 0.528. The molecule has 0 saturated heterocycles. The Morgan fingerprint density at radius 2 is 1.39 bits per heavy atom. The highest BCUT2D eigenvalue weighted by atomic mass is 32.2. The molecule has 21 heteroatoms. The molecular weight excluding hydrogens is 969 g/mol. The smallest absolute Gasteiger partial charge is 0.312 e. The zero-order chi connectivity index (χ0) is 55.6. The number of nitrogens with one attached hydrogen (secondary N) is 7. The summed E-state index contributed by atoms with van der Waals surface area (Å²) in [6, 6.07) is 13.0. The van der Waals surface area contributed by atoms with Crippen LogP contribution in [0.25, 0.3) is 0 Å². The maximum absolute atomic E-state index is 13.8. The minimum atomic E-state index is -1.05. The molecule has 0 radical (unpaired) electrons. The summed E-state index contributed by atoms with van der Waals surface area (Å²) in [6.07, 6.45) is 4.51. The molecule has 9 N–H and O–H groups in total. The predicted molar refractivity (Wildman–Crippen MR) is 285 cm³/mol. The maximum atomic E-state index is 13.8. The fourth-order valence-corrected chi connectivity index (χ4v) is 8.49. The van der Waals surface area contributed by atoms with Gasteiger partial charge in [-0.2, -0.15) is 0 Å². The number of nitrogens with zero attached hydrogens (tertiary/aromatic N) is 2. The first kappa shape index (κ1) is 61.7. The van der Waals surface area contributed by atoms with Crippen molar-refractivity contribution in [2.45, 2.75) is 117 Å². The van der Waals surface area contributed by atoms with E-state index in [1.165, 1.54) is 17.1 Å². The Balaban J connectivity index is 1.52. The number of anilines is 1. The molecule has 3 unspecified atom stereocenters. The van der Waals surface area contributed by atoms with Crippen molar-refractivity contribution >= 4 is 70.9 Å². The molecule has 0 saturated carbocycles. The Labute approximate surface area is 440 Å². The number of hydrogen-bond acceptors (Lipinski definition) is 12. The van der Waals surface area contributed by atoms with Gasteiger partial charge in [0.05, 0.1) is 25.8 Å². The summed E-state index contributed by atoms with van der Waals surface area (Å²) < 4.78 is 8.69. The molecule has 0 aromatic heterocycles. The summed E-state index contributed by atoms with van der Waals surface area (Å²) in [4.78, 5) is 119. The number of primary amides is 1. The molecule has 1 aliphatic rings. The SMILES string of the molecule is CNC(C(=O)NC(C(=O)N(C)C/C=C(\C)C(=O)NSc1ccc(NC(=O)C(CCCNC(N)=O)NC(=O)CNC(=O)CC(C)(C)COCC(C)(C)CN2C(=O)C=CC2=O)cc1)C(C)(C)C)C(C)(C)c1ccccc1. The molecule has 1 heterocycles.